The molecule has 0 aliphatic heterocycles. The predicted octanol–water partition coefficient (Wildman–Crippen LogP) is 4.89. The molecule has 0 spiro atoms. The first-order chi connectivity index (χ1) is 15.7. The van der Waals surface area contributed by atoms with Crippen molar-refractivity contribution >= 4 is 39.1 Å². The van der Waals surface area contributed by atoms with Crippen molar-refractivity contribution in [1.82, 2.24) is 35.1 Å². The third-order valence-electron chi connectivity index (χ3n) is 5.22. The van der Waals surface area contributed by atoms with Crippen molar-refractivity contribution in [2.24, 2.45) is 0 Å². The Morgan fingerprint density at radius 3 is 2.75 bits per heavy atom. The van der Waals surface area contributed by atoms with E-state index in [9.17, 15) is 4.79 Å². The van der Waals surface area contributed by atoms with E-state index in [0.29, 0.717) is 16.4 Å². The predicted molar refractivity (Wildman–Crippen MR) is 123 cm³/mol. The Kier molecular flexibility index (Phi) is 4.15. The number of nitrogens with one attached hydrogen (secondary N) is 2. The standard InChI is InChI=1S/C23H15N7OS/c1-12(31)18-4-5-19(32-18)22-21-15(6-8-25-22)27-23(28-21)20-14-9-16(13-3-2-7-24-10-13)26-11-17(14)29-30-20/h2-11H,1H3,(H,27,28)(H,29,30). The number of hydrogen-bond donors (Lipinski definition) is 2. The lowest BCUT2D eigenvalue weighted by Gasteiger charge is -2.00. The Labute approximate surface area is 185 Å². The molecule has 0 saturated carbocycles. The molecule has 9 heteroatoms. The van der Waals surface area contributed by atoms with Crippen LogP contribution in [0.2, 0.25) is 0 Å². The van der Waals surface area contributed by atoms with Crippen LogP contribution >= 0.6 is 11.3 Å². The van der Waals surface area contributed by atoms with Gasteiger partial charge < -0.3 is 4.98 Å². The van der Waals surface area contributed by atoms with Crippen molar-refractivity contribution < 1.29 is 4.79 Å². The van der Waals surface area contributed by atoms with E-state index in [0.717, 1.165) is 43.8 Å². The lowest BCUT2D eigenvalue weighted by atomic mass is 10.1. The second-order valence-electron chi connectivity index (χ2n) is 7.29. The topological polar surface area (TPSA) is 113 Å². The van der Waals surface area contributed by atoms with Crippen LogP contribution in [0.4, 0.5) is 0 Å². The summed E-state index contributed by atoms with van der Waals surface area (Å²) in [7, 11) is 0. The van der Waals surface area contributed by atoms with E-state index in [1.165, 1.54) is 11.3 Å². The van der Waals surface area contributed by atoms with Gasteiger partial charge in [-0.05, 0) is 43.3 Å². The molecule has 0 aliphatic carbocycles. The fourth-order valence-electron chi connectivity index (χ4n) is 3.65. The van der Waals surface area contributed by atoms with Gasteiger partial charge in [-0.2, -0.15) is 5.10 Å². The zero-order valence-corrected chi connectivity index (χ0v) is 17.6. The Morgan fingerprint density at radius 1 is 1.00 bits per heavy atom. The highest BCUT2D eigenvalue weighted by molar-refractivity contribution is 7.17. The van der Waals surface area contributed by atoms with Crippen LogP contribution in [0.3, 0.4) is 0 Å². The number of imidazole rings is 1. The van der Waals surface area contributed by atoms with Crippen molar-refractivity contribution in [1.29, 1.82) is 0 Å². The molecule has 6 rings (SSSR count). The number of carbonyl (C=O) groups excluding carboxylic acids is 1. The molecular formula is C23H15N7OS. The summed E-state index contributed by atoms with van der Waals surface area (Å²) in [5, 5.41) is 8.43. The summed E-state index contributed by atoms with van der Waals surface area (Å²) in [5.74, 6) is 0.671. The molecule has 0 bridgehead atoms. The molecule has 32 heavy (non-hydrogen) atoms. The molecule has 6 heterocycles. The van der Waals surface area contributed by atoms with Gasteiger partial charge in [0.15, 0.2) is 11.6 Å². The molecule has 0 aromatic carbocycles. The fourth-order valence-corrected chi connectivity index (χ4v) is 4.55. The minimum absolute atomic E-state index is 0.0390. The summed E-state index contributed by atoms with van der Waals surface area (Å²) in [5.41, 5.74) is 5.57. The van der Waals surface area contributed by atoms with Crippen molar-refractivity contribution in [2.45, 2.75) is 6.92 Å². The molecule has 0 radical (unpaired) electrons. The van der Waals surface area contributed by atoms with Gasteiger partial charge >= 0.3 is 0 Å². The van der Waals surface area contributed by atoms with Crippen molar-refractivity contribution in [3.8, 4) is 33.3 Å². The van der Waals surface area contributed by atoms with Crippen LogP contribution in [0.5, 0.6) is 0 Å². The number of thiophene rings is 1. The second-order valence-corrected chi connectivity index (χ2v) is 8.37. The monoisotopic (exact) mass is 437 g/mol. The first kappa shape index (κ1) is 18.5. The van der Waals surface area contributed by atoms with E-state index in [2.05, 4.69) is 30.1 Å². The zero-order chi connectivity index (χ0) is 21.7. The van der Waals surface area contributed by atoms with Crippen LogP contribution in [-0.2, 0) is 0 Å². The SMILES string of the molecule is CC(=O)c1ccc(-c2nccc3[nH]c(-c4n[nH]c5cnc(-c6cccnc6)cc45)nc23)s1. The van der Waals surface area contributed by atoms with Crippen molar-refractivity contribution in [2.75, 3.05) is 0 Å². The minimum atomic E-state index is 0.0390. The number of carbonyl (C=O) groups is 1. The summed E-state index contributed by atoms with van der Waals surface area (Å²) >= 11 is 1.42. The molecule has 0 amide bonds. The molecule has 0 unspecified atom stereocenters. The Hall–Kier alpha value is -4.24. The Balaban J connectivity index is 1.49. The normalized spacial score (nSPS) is 11.4. The van der Waals surface area contributed by atoms with E-state index >= 15 is 0 Å². The van der Waals surface area contributed by atoms with Crippen LogP contribution in [0.25, 0.3) is 55.3 Å². The number of pyridine rings is 3. The van der Waals surface area contributed by atoms with Gasteiger partial charge in [-0.3, -0.25) is 24.8 Å². The van der Waals surface area contributed by atoms with E-state index in [1.807, 2.05) is 36.4 Å². The van der Waals surface area contributed by atoms with Crippen molar-refractivity contribution in [3.05, 3.63) is 66.1 Å². The average Bonchev–Trinajstić information content (AvgIpc) is 3.56. The number of fused-ring (bicyclic) bond motifs is 2. The molecule has 0 aliphatic rings. The van der Waals surface area contributed by atoms with E-state index in [4.69, 9.17) is 4.98 Å². The summed E-state index contributed by atoms with van der Waals surface area (Å²) in [6.45, 7) is 1.56. The van der Waals surface area contributed by atoms with Gasteiger partial charge in [0.25, 0.3) is 0 Å². The van der Waals surface area contributed by atoms with Gasteiger partial charge in [-0.1, -0.05) is 0 Å². The van der Waals surface area contributed by atoms with Crippen LogP contribution < -0.4 is 0 Å². The minimum Gasteiger partial charge on any atom is -0.336 e. The van der Waals surface area contributed by atoms with E-state index in [1.54, 1.807) is 31.7 Å². The van der Waals surface area contributed by atoms with Gasteiger partial charge in [0, 0.05) is 29.5 Å². The molecule has 154 valence electrons. The lowest BCUT2D eigenvalue weighted by molar-refractivity contribution is 0.102. The maximum Gasteiger partial charge on any atom is 0.169 e. The number of hydrogen-bond acceptors (Lipinski definition) is 7. The highest BCUT2D eigenvalue weighted by atomic mass is 32.1. The summed E-state index contributed by atoms with van der Waals surface area (Å²) < 4.78 is 0. The molecular weight excluding hydrogens is 422 g/mol. The number of Topliss-reactive ketones (excluding diaryl/α,β-unsaturated/α-hetero) is 1. The van der Waals surface area contributed by atoms with Crippen LogP contribution in [0.15, 0.2) is 61.2 Å². The fraction of sp³-hybridized carbons (Fsp3) is 0.0435. The van der Waals surface area contributed by atoms with Gasteiger partial charge in [0.05, 0.1) is 32.7 Å². The number of rotatable bonds is 4. The molecule has 6 aromatic heterocycles. The quantitative estimate of drug-likeness (QED) is 0.380. The maximum atomic E-state index is 11.7. The molecule has 0 saturated heterocycles. The van der Waals surface area contributed by atoms with Crippen molar-refractivity contribution in [3.63, 3.8) is 0 Å². The first-order valence-electron chi connectivity index (χ1n) is 9.88. The summed E-state index contributed by atoms with van der Waals surface area (Å²) in [6, 6.07) is 11.4. The molecule has 2 N–H and O–H groups in total. The molecule has 0 atom stereocenters. The second kappa shape index (κ2) is 7.17. The molecule has 8 nitrogen and oxygen atoms in total. The number of aromatic amines is 2. The smallest absolute Gasteiger partial charge is 0.169 e. The van der Waals surface area contributed by atoms with Gasteiger partial charge in [0.1, 0.15) is 16.9 Å². The number of nitrogens with zero attached hydrogens (tertiary/aromatic N) is 5. The largest absolute Gasteiger partial charge is 0.336 e. The van der Waals surface area contributed by atoms with Gasteiger partial charge in [-0.25, -0.2) is 4.98 Å². The average molecular weight is 437 g/mol. The van der Waals surface area contributed by atoms with Crippen LogP contribution in [0.1, 0.15) is 16.6 Å². The molecule has 6 aromatic rings. The highest BCUT2D eigenvalue weighted by Gasteiger charge is 2.18. The first-order valence-corrected chi connectivity index (χ1v) is 10.7. The summed E-state index contributed by atoms with van der Waals surface area (Å²) in [4.78, 5) is 34.7. The van der Waals surface area contributed by atoms with Gasteiger partial charge in [-0.15, -0.1) is 11.3 Å². The lowest BCUT2D eigenvalue weighted by Crippen LogP contribution is -1.86. The van der Waals surface area contributed by atoms with Crippen LogP contribution in [0, 0.1) is 0 Å². The highest BCUT2D eigenvalue weighted by Crippen LogP contribution is 2.34. The number of aromatic nitrogens is 7. The summed E-state index contributed by atoms with van der Waals surface area (Å²) in [6.07, 6.45) is 7.01. The zero-order valence-electron chi connectivity index (χ0n) is 16.8. The number of H-pyrrole nitrogens is 2. The van der Waals surface area contributed by atoms with Crippen LogP contribution in [-0.4, -0.2) is 40.9 Å². The third-order valence-corrected chi connectivity index (χ3v) is 6.41. The third kappa shape index (κ3) is 2.98. The van der Waals surface area contributed by atoms with E-state index < -0.39 is 0 Å². The van der Waals surface area contributed by atoms with E-state index in [-0.39, 0.29) is 5.78 Å². The molecule has 0 fully saturated rings. The maximum absolute atomic E-state index is 11.7. The Morgan fingerprint density at radius 2 is 1.94 bits per heavy atom. The number of ketones is 1. The van der Waals surface area contributed by atoms with Gasteiger partial charge in [0.2, 0.25) is 0 Å². The Bertz CT molecular complexity index is 1610.